The van der Waals surface area contributed by atoms with Crippen LogP contribution in [0.1, 0.15) is 5.56 Å². The van der Waals surface area contributed by atoms with Crippen LogP contribution in [0.2, 0.25) is 5.02 Å². The minimum Gasteiger partial charge on any atom is -0.367 e. The van der Waals surface area contributed by atoms with Crippen molar-refractivity contribution >= 4 is 23.2 Å². The fourth-order valence-corrected chi connectivity index (χ4v) is 2.99. The number of hydrogen-bond acceptors (Lipinski definition) is 4. The van der Waals surface area contributed by atoms with Crippen LogP contribution in [0, 0.1) is 6.92 Å². The van der Waals surface area contributed by atoms with Crippen molar-refractivity contribution in [3.8, 4) is 22.5 Å². The van der Waals surface area contributed by atoms with Crippen molar-refractivity contribution in [3.05, 3.63) is 71.2 Å². The Bertz CT molecular complexity index is 948. The maximum atomic E-state index is 5.93. The molecule has 0 radical (unpaired) electrons. The quantitative estimate of drug-likeness (QED) is 0.335. The lowest BCUT2D eigenvalue weighted by molar-refractivity contribution is 1.01. The van der Waals surface area contributed by atoms with Crippen LogP contribution in [0.25, 0.3) is 22.5 Å². The molecule has 0 fully saturated rings. The molecule has 0 amide bonds. The van der Waals surface area contributed by atoms with Crippen molar-refractivity contribution in [2.24, 2.45) is 0 Å². The summed E-state index contributed by atoms with van der Waals surface area (Å²) in [5.41, 5.74) is 5.35. The lowest BCUT2D eigenvalue weighted by Crippen LogP contribution is -2.13. The van der Waals surface area contributed by atoms with E-state index in [4.69, 9.17) is 11.6 Å². The molecule has 0 aliphatic rings. The molecule has 28 heavy (non-hydrogen) atoms. The molecule has 142 valence electrons. The van der Waals surface area contributed by atoms with E-state index in [1.54, 1.807) is 0 Å². The number of rotatable bonds is 7. The number of aromatic nitrogens is 4. The summed E-state index contributed by atoms with van der Waals surface area (Å²) in [4.78, 5) is 0. The Balaban J connectivity index is 1.27. The second-order valence-corrected chi connectivity index (χ2v) is 7.00. The second kappa shape index (κ2) is 8.19. The van der Waals surface area contributed by atoms with Gasteiger partial charge in [-0.2, -0.15) is 10.2 Å². The summed E-state index contributed by atoms with van der Waals surface area (Å²) in [6.45, 7) is 3.52. The molecule has 2 aromatic carbocycles. The highest BCUT2D eigenvalue weighted by Gasteiger charge is 2.05. The average molecular weight is 393 g/mol. The number of hydrogen-bond donors (Lipinski definition) is 4. The number of anilines is 2. The molecule has 0 atom stereocenters. The SMILES string of the molecule is Cc1ccc(-c2cc(NCCNc3cc(-c4ccc(Cl)cc4)[nH]n3)n[nH]2)cc1. The average Bonchev–Trinajstić information content (AvgIpc) is 3.36. The summed E-state index contributed by atoms with van der Waals surface area (Å²) in [5, 5.41) is 22.0. The number of nitrogens with zero attached hydrogens (tertiary/aromatic N) is 2. The first kappa shape index (κ1) is 18.1. The number of benzene rings is 2. The molecule has 6 nitrogen and oxygen atoms in total. The predicted octanol–water partition coefficient (Wildman–Crippen LogP) is 4.95. The largest absolute Gasteiger partial charge is 0.367 e. The first-order valence-electron chi connectivity index (χ1n) is 9.09. The van der Waals surface area contributed by atoms with Crippen molar-refractivity contribution in [1.82, 2.24) is 20.4 Å². The Kier molecular flexibility index (Phi) is 5.30. The number of aryl methyl sites for hydroxylation is 1. The summed E-state index contributed by atoms with van der Waals surface area (Å²) in [5.74, 6) is 1.62. The highest BCUT2D eigenvalue weighted by molar-refractivity contribution is 6.30. The second-order valence-electron chi connectivity index (χ2n) is 6.56. The molecule has 0 unspecified atom stereocenters. The van der Waals surface area contributed by atoms with Crippen molar-refractivity contribution in [2.75, 3.05) is 23.7 Å². The first-order chi connectivity index (χ1) is 13.7. The molecule has 0 aliphatic carbocycles. The molecule has 0 saturated carbocycles. The van der Waals surface area contributed by atoms with Gasteiger partial charge in [-0.1, -0.05) is 53.6 Å². The van der Waals surface area contributed by atoms with E-state index in [-0.39, 0.29) is 0 Å². The van der Waals surface area contributed by atoms with E-state index in [1.165, 1.54) is 5.56 Å². The third kappa shape index (κ3) is 4.35. The van der Waals surface area contributed by atoms with Gasteiger partial charge in [0.1, 0.15) is 11.6 Å². The number of H-pyrrole nitrogens is 2. The van der Waals surface area contributed by atoms with Gasteiger partial charge in [-0.25, -0.2) is 0 Å². The van der Waals surface area contributed by atoms with Gasteiger partial charge in [-0.05, 0) is 30.2 Å². The predicted molar refractivity (Wildman–Crippen MR) is 115 cm³/mol. The van der Waals surface area contributed by atoms with Gasteiger partial charge in [0.2, 0.25) is 0 Å². The Morgan fingerprint density at radius 3 is 1.71 bits per heavy atom. The van der Waals surface area contributed by atoms with Crippen molar-refractivity contribution < 1.29 is 0 Å². The van der Waals surface area contributed by atoms with Crippen molar-refractivity contribution in [2.45, 2.75) is 6.92 Å². The molecule has 2 heterocycles. The van der Waals surface area contributed by atoms with Gasteiger partial charge in [-0.3, -0.25) is 10.2 Å². The van der Waals surface area contributed by atoms with Gasteiger partial charge < -0.3 is 10.6 Å². The van der Waals surface area contributed by atoms with E-state index < -0.39 is 0 Å². The maximum Gasteiger partial charge on any atom is 0.148 e. The standard InChI is InChI=1S/C21H21ClN6/c1-14-2-4-15(5-3-14)18-12-20(27-25-18)23-10-11-24-21-13-19(26-28-21)16-6-8-17(22)9-7-16/h2-9,12-13H,10-11H2,1H3,(H2,23,25,27)(H2,24,26,28). The molecule has 2 aromatic heterocycles. The van der Waals surface area contributed by atoms with Gasteiger partial charge >= 0.3 is 0 Å². The summed E-state index contributed by atoms with van der Waals surface area (Å²) in [6, 6.07) is 20.0. The lowest BCUT2D eigenvalue weighted by atomic mass is 10.1. The summed E-state index contributed by atoms with van der Waals surface area (Å²) < 4.78 is 0. The topological polar surface area (TPSA) is 81.4 Å². The van der Waals surface area contributed by atoms with Crippen LogP contribution in [0.4, 0.5) is 11.6 Å². The number of halogens is 1. The first-order valence-corrected chi connectivity index (χ1v) is 9.47. The molecule has 0 bridgehead atoms. The molecule has 0 saturated heterocycles. The van der Waals surface area contributed by atoms with E-state index in [0.717, 1.165) is 52.3 Å². The minimum absolute atomic E-state index is 0.719. The van der Waals surface area contributed by atoms with Crippen LogP contribution >= 0.6 is 11.6 Å². The summed E-state index contributed by atoms with van der Waals surface area (Å²) >= 11 is 5.93. The molecule has 4 N–H and O–H groups in total. The van der Waals surface area contributed by atoms with Gasteiger partial charge in [0.25, 0.3) is 0 Å². The van der Waals surface area contributed by atoms with Crippen LogP contribution in [0.5, 0.6) is 0 Å². The molecular weight excluding hydrogens is 372 g/mol. The normalized spacial score (nSPS) is 10.8. The molecule has 4 rings (SSSR count). The smallest absolute Gasteiger partial charge is 0.148 e. The van der Waals surface area contributed by atoms with Crippen molar-refractivity contribution in [1.29, 1.82) is 0 Å². The number of aromatic amines is 2. The molecule has 0 aliphatic heterocycles. The molecule has 7 heteroatoms. The van der Waals surface area contributed by atoms with E-state index >= 15 is 0 Å². The Labute approximate surface area is 168 Å². The van der Waals surface area contributed by atoms with E-state index in [1.807, 2.05) is 36.4 Å². The summed E-state index contributed by atoms with van der Waals surface area (Å²) in [6.07, 6.45) is 0. The monoisotopic (exact) mass is 392 g/mol. The van der Waals surface area contributed by atoms with Gasteiger partial charge in [-0.15, -0.1) is 0 Å². The van der Waals surface area contributed by atoms with Gasteiger partial charge in [0.05, 0.1) is 11.4 Å². The highest BCUT2D eigenvalue weighted by Crippen LogP contribution is 2.22. The van der Waals surface area contributed by atoms with Crippen LogP contribution in [0.15, 0.2) is 60.7 Å². The zero-order valence-corrected chi connectivity index (χ0v) is 16.2. The van der Waals surface area contributed by atoms with Gasteiger partial charge in [0.15, 0.2) is 0 Å². The number of nitrogens with one attached hydrogen (secondary N) is 4. The Morgan fingerprint density at radius 1 is 0.750 bits per heavy atom. The summed E-state index contributed by atoms with van der Waals surface area (Å²) in [7, 11) is 0. The third-order valence-electron chi connectivity index (χ3n) is 4.41. The zero-order chi connectivity index (χ0) is 19.3. The van der Waals surface area contributed by atoms with E-state index in [2.05, 4.69) is 62.2 Å². The van der Waals surface area contributed by atoms with E-state index in [0.29, 0.717) is 0 Å². The zero-order valence-electron chi connectivity index (χ0n) is 15.5. The third-order valence-corrected chi connectivity index (χ3v) is 4.66. The maximum absolute atomic E-state index is 5.93. The Morgan fingerprint density at radius 2 is 1.21 bits per heavy atom. The van der Waals surface area contributed by atoms with Crippen LogP contribution < -0.4 is 10.6 Å². The highest BCUT2D eigenvalue weighted by atomic mass is 35.5. The van der Waals surface area contributed by atoms with Crippen LogP contribution in [0.3, 0.4) is 0 Å². The fraction of sp³-hybridized carbons (Fsp3) is 0.143. The van der Waals surface area contributed by atoms with Crippen molar-refractivity contribution in [3.63, 3.8) is 0 Å². The molecule has 4 aromatic rings. The Hall–Kier alpha value is -3.25. The molecule has 0 spiro atoms. The molecular formula is C21H21ClN6. The lowest BCUT2D eigenvalue weighted by Gasteiger charge is -2.03. The minimum atomic E-state index is 0.719. The van der Waals surface area contributed by atoms with E-state index in [9.17, 15) is 0 Å². The fourth-order valence-electron chi connectivity index (χ4n) is 2.86. The van der Waals surface area contributed by atoms with Crippen LogP contribution in [-0.4, -0.2) is 33.5 Å². The van der Waals surface area contributed by atoms with Gasteiger partial charge in [0, 0.05) is 30.2 Å². The van der Waals surface area contributed by atoms with Crippen LogP contribution in [-0.2, 0) is 0 Å².